The molecule has 2 heterocycles. The van der Waals surface area contributed by atoms with E-state index in [4.69, 9.17) is 9.57 Å². The Morgan fingerprint density at radius 1 is 1.38 bits per heavy atom. The van der Waals surface area contributed by atoms with E-state index >= 15 is 0 Å². The van der Waals surface area contributed by atoms with Gasteiger partial charge in [0.05, 0.1) is 23.6 Å². The number of alkyl carbamates (subject to hydrolysis) is 1. The number of carbonyl (C=O) groups is 2. The summed E-state index contributed by atoms with van der Waals surface area (Å²) in [6, 6.07) is 0. The molecule has 1 aromatic heterocycles. The highest BCUT2D eigenvalue weighted by Gasteiger charge is 2.28. The average Bonchev–Trinajstić information content (AvgIpc) is 3.05. The predicted molar refractivity (Wildman–Crippen MR) is 87.9 cm³/mol. The highest BCUT2D eigenvalue weighted by atomic mass is 16.6. The molecule has 9 nitrogen and oxygen atoms in total. The molecule has 2 amide bonds. The van der Waals surface area contributed by atoms with Crippen LogP contribution in [0.3, 0.4) is 0 Å². The minimum atomic E-state index is -0.567. The Hall–Kier alpha value is -2.58. The number of aryl methyl sites for hydroxylation is 2. The van der Waals surface area contributed by atoms with E-state index in [1.165, 1.54) is 0 Å². The van der Waals surface area contributed by atoms with E-state index in [9.17, 15) is 9.59 Å². The summed E-state index contributed by atoms with van der Waals surface area (Å²) in [5.74, 6) is -0.345. The summed E-state index contributed by atoms with van der Waals surface area (Å²) in [5, 5.41) is 16.0. The summed E-state index contributed by atoms with van der Waals surface area (Å²) < 4.78 is 5.14. The van der Waals surface area contributed by atoms with Crippen molar-refractivity contribution in [1.82, 2.24) is 15.5 Å². The summed E-state index contributed by atoms with van der Waals surface area (Å²) in [7, 11) is 0. The van der Waals surface area contributed by atoms with Gasteiger partial charge < -0.3 is 20.2 Å². The van der Waals surface area contributed by atoms with Crippen LogP contribution in [0.1, 0.15) is 38.6 Å². The van der Waals surface area contributed by atoms with Crippen molar-refractivity contribution in [3.8, 4) is 0 Å². The molecular formula is C15H23N5O4. The first-order chi connectivity index (χ1) is 11.2. The van der Waals surface area contributed by atoms with Crippen molar-refractivity contribution < 1.29 is 19.2 Å². The van der Waals surface area contributed by atoms with Gasteiger partial charge in [0.2, 0.25) is 0 Å². The molecule has 3 N–H and O–H groups in total. The van der Waals surface area contributed by atoms with Gasteiger partial charge in [0.15, 0.2) is 6.10 Å². The Morgan fingerprint density at radius 3 is 2.67 bits per heavy atom. The maximum Gasteiger partial charge on any atom is 0.407 e. The fourth-order valence-electron chi connectivity index (χ4n) is 2.10. The van der Waals surface area contributed by atoms with Gasteiger partial charge in [0.1, 0.15) is 11.3 Å². The van der Waals surface area contributed by atoms with Crippen molar-refractivity contribution in [3.63, 3.8) is 0 Å². The van der Waals surface area contributed by atoms with E-state index in [0.717, 1.165) is 5.69 Å². The van der Waals surface area contributed by atoms with E-state index in [1.54, 1.807) is 27.7 Å². The van der Waals surface area contributed by atoms with Crippen LogP contribution in [-0.2, 0) is 14.4 Å². The minimum absolute atomic E-state index is 0.207. The molecule has 9 heteroatoms. The van der Waals surface area contributed by atoms with Crippen LogP contribution in [-0.4, -0.2) is 46.2 Å². The van der Waals surface area contributed by atoms with Crippen molar-refractivity contribution in [2.75, 3.05) is 11.9 Å². The molecule has 0 saturated heterocycles. The monoisotopic (exact) mass is 337 g/mol. The third-order valence-corrected chi connectivity index (χ3v) is 3.23. The second-order valence-corrected chi connectivity index (χ2v) is 6.62. The molecule has 2 rings (SSSR count). The average molecular weight is 337 g/mol. The van der Waals surface area contributed by atoms with Crippen molar-refractivity contribution >= 4 is 23.4 Å². The topological polar surface area (TPSA) is 118 Å². The summed E-state index contributed by atoms with van der Waals surface area (Å²) in [6.07, 6.45) is -0.629. The Kier molecular flexibility index (Phi) is 5.10. The van der Waals surface area contributed by atoms with Gasteiger partial charge in [-0.25, -0.2) is 4.79 Å². The zero-order valence-electron chi connectivity index (χ0n) is 14.5. The lowest BCUT2D eigenvalue weighted by Gasteiger charge is -2.20. The minimum Gasteiger partial charge on any atom is -0.444 e. The van der Waals surface area contributed by atoms with Crippen LogP contribution in [0.5, 0.6) is 0 Å². The number of aromatic amines is 1. The number of oxime groups is 1. The number of anilines is 1. The number of nitrogens with one attached hydrogen (secondary N) is 3. The van der Waals surface area contributed by atoms with Gasteiger partial charge in [-0.2, -0.15) is 5.10 Å². The first kappa shape index (κ1) is 17.8. The summed E-state index contributed by atoms with van der Waals surface area (Å²) in [5.41, 5.74) is 1.80. The first-order valence-corrected chi connectivity index (χ1v) is 7.68. The van der Waals surface area contributed by atoms with Crippen molar-refractivity contribution in [3.05, 3.63) is 11.4 Å². The highest BCUT2D eigenvalue weighted by Crippen LogP contribution is 2.18. The SMILES string of the molecule is Cc1n[nH]c(C)c1NC(=O)C1=NO[C@H](CNC(=O)OC(C)(C)C)C1. The van der Waals surface area contributed by atoms with Gasteiger partial charge in [-0.1, -0.05) is 5.16 Å². The highest BCUT2D eigenvalue weighted by molar-refractivity contribution is 6.43. The molecule has 1 aliphatic heterocycles. The molecule has 132 valence electrons. The van der Waals surface area contributed by atoms with Crippen molar-refractivity contribution in [2.24, 2.45) is 5.16 Å². The molecule has 1 aliphatic rings. The largest absolute Gasteiger partial charge is 0.444 e. The quantitative estimate of drug-likeness (QED) is 0.772. The normalized spacial score (nSPS) is 17.0. The van der Waals surface area contributed by atoms with Gasteiger partial charge >= 0.3 is 6.09 Å². The zero-order valence-corrected chi connectivity index (χ0v) is 14.5. The smallest absolute Gasteiger partial charge is 0.407 e. The lowest BCUT2D eigenvalue weighted by molar-refractivity contribution is -0.110. The number of H-pyrrole nitrogens is 1. The van der Waals surface area contributed by atoms with E-state index in [-0.39, 0.29) is 18.2 Å². The van der Waals surface area contributed by atoms with Crippen molar-refractivity contribution in [2.45, 2.75) is 52.7 Å². The molecular weight excluding hydrogens is 314 g/mol. The molecule has 0 aromatic carbocycles. The Morgan fingerprint density at radius 2 is 2.08 bits per heavy atom. The van der Waals surface area contributed by atoms with Crippen LogP contribution in [0, 0.1) is 13.8 Å². The van der Waals surface area contributed by atoms with Crippen LogP contribution < -0.4 is 10.6 Å². The third-order valence-electron chi connectivity index (χ3n) is 3.23. The van der Waals surface area contributed by atoms with Gasteiger partial charge in [-0.15, -0.1) is 0 Å². The maximum absolute atomic E-state index is 12.2. The van der Waals surface area contributed by atoms with E-state index in [2.05, 4.69) is 26.0 Å². The Balaban J connectivity index is 1.80. The number of carbonyl (C=O) groups excluding carboxylic acids is 2. The molecule has 0 spiro atoms. The number of rotatable bonds is 4. The molecule has 1 aromatic rings. The van der Waals surface area contributed by atoms with Crippen LogP contribution in [0.25, 0.3) is 0 Å². The zero-order chi connectivity index (χ0) is 17.9. The molecule has 24 heavy (non-hydrogen) atoms. The fraction of sp³-hybridized carbons (Fsp3) is 0.600. The number of aromatic nitrogens is 2. The van der Waals surface area contributed by atoms with Crippen LogP contribution >= 0.6 is 0 Å². The van der Waals surface area contributed by atoms with E-state index in [0.29, 0.717) is 17.8 Å². The Bertz CT molecular complexity index is 640. The number of nitrogens with zero attached hydrogens (tertiary/aromatic N) is 2. The summed E-state index contributed by atoms with van der Waals surface area (Å²) in [6.45, 7) is 9.16. The van der Waals surface area contributed by atoms with E-state index < -0.39 is 17.8 Å². The Labute approximate surface area is 140 Å². The molecule has 0 bridgehead atoms. The number of hydrogen-bond donors (Lipinski definition) is 3. The van der Waals surface area contributed by atoms with Gasteiger partial charge in [-0.05, 0) is 34.6 Å². The lowest BCUT2D eigenvalue weighted by atomic mass is 10.1. The van der Waals surface area contributed by atoms with Gasteiger partial charge in [0.25, 0.3) is 5.91 Å². The van der Waals surface area contributed by atoms with Gasteiger partial charge in [0, 0.05) is 6.42 Å². The van der Waals surface area contributed by atoms with Gasteiger partial charge in [-0.3, -0.25) is 9.89 Å². The molecule has 0 aliphatic carbocycles. The second kappa shape index (κ2) is 6.90. The fourth-order valence-corrected chi connectivity index (χ4v) is 2.10. The lowest BCUT2D eigenvalue weighted by Crippen LogP contribution is -2.37. The first-order valence-electron chi connectivity index (χ1n) is 7.68. The predicted octanol–water partition coefficient (Wildman–Crippen LogP) is 1.63. The molecule has 0 unspecified atom stereocenters. The third kappa shape index (κ3) is 4.71. The molecule has 0 radical (unpaired) electrons. The molecule has 0 saturated carbocycles. The summed E-state index contributed by atoms with van der Waals surface area (Å²) in [4.78, 5) is 29.0. The standard InChI is InChI=1S/C15H23N5O4/c1-8-12(9(2)19-18-8)17-13(21)11-6-10(24-20-11)7-16-14(22)23-15(3,4)5/h10H,6-7H2,1-5H3,(H,16,22)(H,17,21)(H,18,19)/t10-/m0/s1. The molecule has 0 fully saturated rings. The van der Waals surface area contributed by atoms with E-state index in [1.807, 2.05) is 6.92 Å². The number of ether oxygens (including phenoxy) is 1. The summed E-state index contributed by atoms with van der Waals surface area (Å²) >= 11 is 0. The molecule has 1 atom stereocenters. The maximum atomic E-state index is 12.2. The van der Waals surface area contributed by atoms with Crippen LogP contribution in [0.2, 0.25) is 0 Å². The van der Waals surface area contributed by atoms with Crippen LogP contribution in [0.4, 0.5) is 10.5 Å². The number of amides is 2. The van der Waals surface area contributed by atoms with Crippen molar-refractivity contribution in [1.29, 1.82) is 0 Å². The number of hydrogen-bond acceptors (Lipinski definition) is 6. The second-order valence-electron chi connectivity index (χ2n) is 6.62. The van der Waals surface area contributed by atoms with Crippen LogP contribution in [0.15, 0.2) is 5.16 Å².